The highest BCUT2D eigenvalue weighted by atomic mass is 35.5. The molecule has 0 spiro atoms. The molecule has 1 unspecified atom stereocenters. The van der Waals surface area contributed by atoms with Gasteiger partial charge < -0.3 is 5.32 Å². The fraction of sp³-hybridized carbons (Fsp3) is 0.412. The topological polar surface area (TPSA) is 12.0 Å². The molecule has 0 aliphatic carbocycles. The second kappa shape index (κ2) is 6.91. The van der Waals surface area contributed by atoms with Crippen LogP contribution in [-0.2, 0) is 0 Å². The van der Waals surface area contributed by atoms with Gasteiger partial charge in [0.2, 0.25) is 0 Å². The Bertz CT molecular complexity index is 616. The SMILES string of the molecule is CCCNC(c1cc(C)c(C)s1)c1cc(C)c(F)cc1Cl. The molecule has 2 rings (SSSR count). The average molecular weight is 326 g/mol. The predicted octanol–water partition coefficient (Wildman–Crippen LogP) is 5.55. The molecule has 0 aliphatic heterocycles. The highest BCUT2D eigenvalue weighted by Crippen LogP contribution is 2.35. The molecule has 1 aromatic heterocycles. The summed E-state index contributed by atoms with van der Waals surface area (Å²) < 4.78 is 13.6. The van der Waals surface area contributed by atoms with E-state index in [1.54, 1.807) is 18.3 Å². The standard InChI is InChI=1S/C17H21ClFNS/c1-5-6-20-17(16-8-10(2)12(4)21-16)13-7-11(3)15(19)9-14(13)18/h7-9,17,20H,5-6H2,1-4H3. The molecule has 114 valence electrons. The molecule has 1 nitrogen and oxygen atoms in total. The molecule has 0 bridgehead atoms. The van der Waals surface area contributed by atoms with Crippen molar-refractivity contribution in [1.82, 2.24) is 5.32 Å². The molecule has 0 saturated heterocycles. The quantitative estimate of drug-likeness (QED) is 0.759. The Labute approximate surface area is 135 Å². The molecular weight excluding hydrogens is 305 g/mol. The molecule has 0 amide bonds. The Balaban J connectivity index is 2.47. The summed E-state index contributed by atoms with van der Waals surface area (Å²) in [6, 6.07) is 5.49. The van der Waals surface area contributed by atoms with E-state index in [-0.39, 0.29) is 11.9 Å². The number of rotatable bonds is 5. The molecule has 0 aliphatic rings. The number of aryl methyl sites for hydroxylation is 3. The summed E-state index contributed by atoms with van der Waals surface area (Å²) in [5, 5.41) is 4.02. The van der Waals surface area contributed by atoms with Crippen LogP contribution in [0.4, 0.5) is 4.39 Å². The average Bonchev–Trinajstić information content (AvgIpc) is 2.75. The molecule has 1 atom stereocenters. The maximum atomic E-state index is 13.6. The van der Waals surface area contributed by atoms with Crippen LogP contribution in [0, 0.1) is 26.6 Å². The first kappa shape index (κ1) is 16.5. The molecular formula is C17H21ClFNS. The third-order valence-corrected chi connectivity index (χ3v) is 5.20. The minimum absolute atomic E-state index is 0.0224. The van der Waals surface area contributed by atoms with Crippen molar-refractivity contribution < 1.29 is 4.39 Å². The van der Waals surface area contributed by atoms with E-state index in [1.165, 1.54) is 21.4 Å². The van der Waals surface area contributed by atoms with Gasteiger partial charge in [-0.3, -0.25) is 0 Å². The summed E-state index contributed by atoms with van der Waals surface area (Å²) >= 11 is 8.07. The van der Waals surface area contributed by atoms with Crippen LogP contribution in [0.2, 0.25) is 5.02 Å². The zero-order valence-electron chi connectivity index (χ0n) is 12.9. The number of thiophene rings is 1. The van der Waals surface area contributed by atoms with Gasteiger partial charge >= 0.3 is 0 Å². The van der Waals surface area contributed by atoms with Crippen LogP contribution in [0.1, 0.15) is 45.8 Å². The Kier molecular flexibility index (Phi) is 5.42. The van der Waals surface area contributed by atoms with E-state index in [1.807, 2.05) is 6.07 Å². The lowest BCUT2D eigenvalue weighted by atomic mass is 10.0. The molecule has 2 aromatic rings. The molecule has 0 radical (unpaired) electrons. The van der Waals surface area contributed by atoms with Crippen molar-refractivity contribution in [2.75, 3.05) is 6.54 Å². The van der Waals surface area contributed by atoms with E-state index in [0.717, 1.165) is 18.5 Å². The minimum Gasteiger partial charge on any atom is -0.306 e. The van der Waals surface area contributed by atoms with Gasteiger partial charge in [0, 0.05) is 14.8 Å². The predicted molar refractivity (Wildman–Crippen MR) is 90.1 cm³/mol. The van der Waals surface area contributed by atoms with E-state index in [2.05, 4.69) is 32.2 Å². The third-order valence-electron chi connectivity index (χ3n) is 3.66. The second-order valence-corrected chi connectivity index (χ2v) is 7.09. The molecule has 1 aromatic carbocycles. The van der Waals surface area contributed by atoms with Crippen LogP contribution in [0.15, 0.2) is 18.2 Å². The van der Waals surface area contributed by atoms with E-state index in [9.17, 15) is 4.39 Å². The fourth-order valence-corrected chi connectivity index (χ4v) is 3.69. The normalized spacial score (nSPS) is 12.7. The van der Waals surface area contributed by atoms with Crippen molar-refractivity contribution in [2.24, 2.45) is 0 Å². The van der Waals surface area contributed by atoms with Crippen molar-refractivity contribution in [1.29, 1.82) is 0 Å². The lowest BCUT2D eigenvalue weighted by molar-refractivity contribution is 0.595. The number of nitrogens with one attached hydrogen (secondary N) is 1. The van der Waals surface area contributed by atoms with E-state index in [0.29, 0.717) is 10.6 Å². The van der Waals surface area contributed by atoms with Gasteiger partial charge in [0.1, 0.15) is 5.82 Å². The minimum atomic E-state index is -0.253. The van der Waals surface area contributed by atoms with Gasteiger partial charge in [-0.1, -0.05) is 18.5 Å². The highest BCUT2D eigenvalue weighted by molar-refractivity contribution is 7.12. The van der Waals surface area contributed by atoms with Crippen molar-refractivity contribution in [2.45, 2.75) is 40.2 Å². The molecule has 4 heteroatoms. The molecule has 1 N–H and O–H groups in total. The van der Waals surface area contributed by atoms with Gasteiger partial charge in [-0.2, -0.15) is 0 Å². The summed E-state index contributed by atoms with van der Waals surface area (Å²) in [7, 11) is 0. The van der Waals surface area contributed by atoms with Crippen LogP contribution in [0.25, 0.3) is 0 Å². The van der Waals surface area contributed by atoms with Crippen LogP contribution in [0.5, 0.6) is 0 Å². The summed E-state index contributed by atoms with van der Waals surface area (Å²) in [6.07, 6.45) is 1.04. The van der Waals surface area contributed by atoms with Gasteiger partial charge in [0.05, 0.1) is 6.04 Å². The van der Waals surface area contributed by atoms with Crippen molar-refractivity contribution >= 4 is 22.9 Å². The van der Waals surface area contributed by atoms with Gasteiger partial charge in [-0.05, 0) is 68.6 Å². The Morgan fingerprint density at radius 3 is 2.48 bits per heavy atom. The maximum absolute atomic E-state index is 13.6. The zero-order valence-corrected chi connectivity index (χ0v) is 14.5. The second-order valence-electron chi connectivity index (χ2n) is 5.40. The largest absolute Gasteiger partial charge is 0.306 e. The lowest BCUT2D eigenvalue weighted by Gasteiger charge is -2.20. The van der Waals surface area contributed by atoms with E-state index >= 15 is 0 Å². The smallest absolute Gasteiger partial charge is 0.127 e. The summed E-state index contributed by atoms with van der Waals surface area (Å²) in [4.78, 5) is 2.54. The third kappa shape index (κ3) is 3.65. The molecule has 21 heavy (non-hydrogen) atoms. The van der Waals surface area contributed by atoms with Gasteiger partial charge in [-0.15, -0.1) is 11.3 Å². The Hall–Kier alpha value is -0.900. The lowest BCUT2D eigenvalue weighted by Crippen LogP contribution is -2.23. The number of halogens is 2. The van der Waals surface area contributed by atoms with Gasteiger partial charge in [0.25, 0.3) is 0 Å². The van der Waals surface area contributed by atoms with Gasteiger partial charge in [0.15, 0.2) is 0 Å². The van der Waals surface area contributed by atoms with Crippen LogP contribution < -0.4 is 5.32 Å². The Morgan fingerprint density at radius 2 is 1.90 bits per heavy atom. The molecule has 1 heterocycles. The van der Waals surface area contributed by atoms with Crippen LogP contribution in [-0.4, -0.2) is 6.54 Å². The first-order valence-corrected chi connectivity index (χ1v) is 8.39. The fourth-order valence-electron chi connectivity index (χ4n) is 2.30. The zero-order chi connectivity index (χ0) is 15.6. The van der Waals surface area contributed by atoms with Crippen LogP contribution in [0.3, 0.4) is 0 Å². The Morgan fingerprint density at radius 1 is 1.19 bits per heavy atom. The molecule has 0 fully saturated rings. The van der Waals surface area contributed by atoms with Crippen molar-refractivity contribution in [3.63, 3.8) is 0 Å². The number of benzene rings is 1. The number of hydrogen-bond donors (Lipinski definition) is 1. The van der Waals surface area contributed by atoms with Crippen LogP contribution >= 0.6 is 22.9 Å². The van der Waals surface area contributed by atoms with E-state index < -0.39 is 0 Å². The first-order chi connectivity index (χ1) is 9.93. The highest BCUT2D eigenvalue weighted by Gasteiger charge is 2.20. The maximum Gasteiger partial charge on any atom is 0.127 e. The van der Waals surface area contributed by atoms with Crippen molar-refractivity contribution in [3.05, 3.63) is 55.5 Å². The van der Waals surface area contributed by atoms with Crippen molar-refractivity contribution in [3.8, 4) is 0 Å². The monoisotopic (exact) mass is 325 g/mol. The first-order valence-electron chi connectivity index (χ1n) is 7.19. The molecule has 0 saturated carbocycles. The van der Waals surface area contributed by atoms with Gasteiger partial charge in [-0.25, -0.2) is 4.39 Å². The number of hydrogen-bond acceptors (Lipinski definition) is 2. The summed E-state index contributed by atoms with van der Waals surface area (Å²) in [5.41, 5.74) is 2.86. The summed E-state index contributed by atoms with van der Waals surface area (Å²) in [5.74, 6) is -0.253. The summed E-state index contributed by atoms with van der Waals surface area (Å²) in [6.45, 7) is 9.04. The van der Waals surface area contributed by atoms with E-state index in [4.69, 9.17) is 11.6 Å².